The second-order valence-corrected chi connectivity index (χ2v) is 5.39. The summed E-state index contributed by atoms with van der Waals surface area (Å²) in [4.78, 5) is 2.34. The smallest absolute Gasteiger partial charge is 0.162 e. The molecule has 5 heteroatoms. The average molecular weight is 315 g/mol. The molecule has 18 heavy (non-hydrogen) atoms. The molecule has 1 heterocycles. The molecule has 2 rings (SSSR count). The highest BCUT2D eigenvalue weighted by molar-refractivity contribution is 9.10. The molecule has 0 atom stereocenters. The zero-order valence-electron chi connectivity index (χ0n) is 10.8. The lowest BCUT2D eigenvalue weighted by molar-refractivity contribution is 0.229. The van der Waals surface area contributed by atoms with Gasteiger partial charge in [-0.2, -0.15) is 0 Å². The molecule has 0 radical (unpaired) electrons. The Morgan fingerprint density at radius 1 is 1.44 bits per heavy atom. The van der Waals surface area contributed by atoms with E-state index in [1.165, 1.54) is 0 Å². The van der Waals surface area contributed by atoms with Gasteiger partial charge in [-0.3, -0.25) is 4.90 Å². The first-order valence-electron chi connectivity index (χ1n) is 6.11. The van der Waals surface area contributed by atoms with Gasteiger partial charge in [0.15, 0.2) is 11.5 Å². The molecule has 1 saturated heterocycles. The van der Waals surface area contributed by atoms with E-state index in [1.807, 2.05) is 13.0 Å². The molecule has 0 aliphatic carbocycles. The van der Waals surface area contributed by atoms with Crippen molar-refractivity contribution in [1.82, 2.24) is 10.2 Å². The van der Waals surface area contributed by atoms with Crippen molar-refractivity contribution in [3.63, 3.8) is 0 Å². The average Bonchev–Trinajstić information content (AvgIpc) is 2.40. The number of methoxy groups -OCH3 is 1. The van der Waals surface area contributed by atoms with Gasteiger partial charge in [0, 0.05) is 42.8 Å². The van der Waals surface area contributed by atoms with Crippen molar-refractivity contribution in [1.29, 1.82) is 0 Å². The van der Waals surface area contributed by atoms with Crippen LogP contribution in [0.15, 0.2) is 10.5 Å². The molecule has 0 spiro atoms. The quantitative estimate of drug-likeness (QED) is 0.894. The van der Waals surface area contributed by atoms with Gasteiger partial charge in [-0.25, -0.2) is 0 Å². The third-order valence-electron chi connectivity index (χ3n) is 3.40. The molecule has 1 aliphatic heterocycles. The third-order valence-corrected chi connectivity index (χ3v) is 4.22. The van der Waals surface area contributed by atoms with E-state index >= 15 is 0 Å². The van der Waals surface area contributed by atoms with E-state index in [2.05, 4.69) is 26.1 Å². The number of aromatic hydroxyl groups is 1. The van der Waals surface area contributed by atoms with Crippen LogP contribution in [-0.4, -0.2) is 43.3 Å². The van der Waals surface area contributed by atoms with E-state index in [9.17, 15) is 5.11 Å². The first-order valence-corrected chi connectivity index (χ1v) is 6.90. The molecule has 0 saturated carbocycles. The molecule has 0 bridgehead atoms. The molecule has 0 amide bonds. The highest BCUT2D eigenvalue weighted by Crippen LogP contribution is 2.37. The minimum absolute atomic E-state index is 0.261. The Hall–Kier alpha value is -0.780. The van der Waals surface area contributed by atoms with Crippen molar-refractivity contribution in [2.75, 3.05) is 33.3 Å². The van der Waals surface area contributed by atoms with Gasteiger partial charge in [-0.1, -0.05) is 15.9 Å². The summed E-state index contributed by atoms with van der Waals surface area (Å²) in [6, 6.07) is 1.81. The van der Waals surface area contributed by atoms with Gasteiger partial charge in [0.1, 0.15) is 0 Å². The van der Waals surface area contributed by atoms with Crippen LogP contribution in [0.1, 0.15) is 11.1 Å². The normalized spacial score (nSPS) is 16.8. The fourth-order valence-corrected chi connectivity index (χ4v) is 2.65. The highest BCUT2D eigenvalue weighted by atomic mass is 79.9. The number of halogens is 1. The fourth-order valence-electron chi connectivity index (χ4n) is 2.20. The van der Waals surface area contributed by atoms with Gasteiger partial charge >= 0.3 is 0 Å². The maximum absolute atomic E-state index is 10.2. The number of hydrogen-bond donors (Lipinski definition) is 2. The van der Waals surface area contributed by atoms with Gasteiger partial charge < -0.3 is 15.2 Å². The molecule has 1 fully saturated rings. The summed E-state index contributed by atoms with van der Waals surface area (Å²) in [6.45, 7) is 6.80. The van der Waals surface area contributed by atoms with Gasteiger partial charge in [-0.05, 0) is 18.6 Å². The Morgan fingerprint density at radius 2 is 2.11 bits per heavy atom. The van der Waals surface area contributed by atoms with Crippen LogP contribution in [0.5, 0.6) is 11.5 Å². The number of ether oxygens (including phenoxy) is 1. The maximum atomic E-state index is 10.2. The summed E-state index contributed by atoms with van der Waals surface area (Å²) in [5.74, 6) is 0.786. The van der Waals surface area contributed by atoms with E-state index in [0.717, 1.165) is 48.3 Å². The van der Waals surface area contributed by atoms with Crippen molar-refractivity contribution in [2.24, 2.45) is 0 Å². The number of phenols is 1. The van der Waals surface area contributed by atoms with Crippen LogP contribution < -0.4 is 10.1 Å². The summed E-state index contributed by atoms with van der Waals surface area (Å²) in [7, 11) is 1.57. The van der Waals surface area contributed by atoms with Crippen LogP contribution in [0, 0.1) is 6.92 Å². The second kappa shape index (κ2) is 5.91. The Bertz CT molecular complexity index is 431. The van der Waals surface area contributed by atoms with E-state index in [4.69, 9.17) is 4.74 Å². The van der Waals surface area contributed by atoms with Gasteiger partial charge in [0.2, 0.25) is 0 Å². The Morgan fingerprint density at radius 3 is 2.72 bits per heavy atom. The standard InChI is InChI=1S/C13H19BrN2O2/c1-9-10(8-16-5-3-15-4-6-16)13(17)12(18-2)7-11(9)14/h7,15,17H,3-6,8H2,1-2H3. The first-order chi connectivity index (χ1) is 8.63. The predicted octanol–water partition coefficient (Wildman–Crippen LogP) is 1.88. The zero-order valence-corrected chi connectivity index (χ0v) is 12.4. The van der Waals surface area contributed by atoms with Crippen LogP contribution in [0.2, 0.25) is 0 Å². The van der Waals surface area contributed by atoms with E-state index in [-0.39, 0.29) is 5.75 Å². The lowest BCUT2D eigenvalue weighted by Gasteiger charge is -2.28. The van der Waals surface area contributed by atoms with Gasteiger partial charge in [0.25, 0.3) is 0 Å². The number of piperazine rings is 1. The third kappa shape index (κ3) is 2.79. The SMILES string of the molecule is COc1cc(Br)c(C)c(CN2CCNCC2)c1O. The molecule has 0 unspecified atom stereocenters. The van der Waals surface area contributed by atoms with E-state index in [0.29, 0.717) is 5.75 Å². The molecule has 1 aromatic rings. The topological polar surface area (TPSA) is 44.7 Å². The maximum Gasteiger partial charge on any atom is 0.162 e. The van der Waals surface area contributed by atoms with Crippen molar-refractivity contribution >= 4 is 15.9 Å². The summed E-state index contributed by atoms with van der Waals surface area (Å²) in [6.07, 6.45) is 0. The largest absolute Gasteiger partial charge is 0.504 e. The fraction of sp³-hybridized carbons (Fsp3) is 0.538. The molecule has 1 aromatic carbocycles. The molecule has 1 aliphatic rings. The number of benzene rings is 1. The number of nitrogens with one attached hydrogen (secondary N) is 1. The Kier molecular flexibility index (Phi) is 4.48. The zero-order chi connectivity index (χ0) is 13.1. The van der Waals surface area contributed by atoms with Crippen molar-refractivity contribution in [2.45, 2.75) is 13.5 Å². The van der Waals surface area contributed by atoms with Crippen molar-refractivity contribution in [3.05, 3.63) is 21.7 Å². The Labute approximate surface area is 116 Å². The second-order valence-electron chi connectivity index (χ2n) is 4.54. The summed E-state index contributed by atoms with van der Waals surface area (Å²) < 4.78 is 6.17. The molecule has 2 N–H and O–H groups in total. The van der Waals surface area contributed by atoms with Crippen LogP contribution >= 0.6 is 15.9 Å². The lowest BCUT2D eigenvalue weighted by Crippen LogP contribution is -2.43. The van der Waals surface area contributed by atoms with Crippen LogP contribution in [0.25, 0.3) is 0 Å². The number of phenolic OH excluding ortho intramolecular Hbond substituents is 1. The van der Waals surface area contributed by atoms with Crippen LogP contribution in [0.3, 0.4) is 0 Å². The van der Waals surface area contributed by atoms with Crippen LogP contribution in [-0.2, 0) is 6.54 Å². The summed E-state index contributed by atoms with van der Waals surface area (Å²) in [5, 5.41) is 13.6. The molecule has 100 valence electrons. The number of rotatable bonds is 3. The first kappa shape index (κ1) is 13.6. The number of nitrogens with zero attached hydrogens (tertiary/aromatic N) is 1. The van der Waals surface area contributed by atoms with E-state index in [1.54, 1.807) is 7.11 Å². The molecular weight excluding hydrogens is 296 g/mol. The van der Waals surface area contributed by atoms with E-state index < -0.39 is 0 Å². The van der Waals surface area contributed by atoms with Crippen molar-refractivity contribution < 1.29 is 9.84 Å². The minimum Gasteiger partial charge on any atom is -0.504 e. The number of hydrogen-bond acceptors (Lipinski definition) is 4. The van der Waals surface area contributed by atoms with Gasteiger partial charge in [-0.15, -0.1) is 0 Å². The van der Waals surface area contributed by atoms with Crippen LogP contribution in [0.4, 0.5) is 0 Å². The van der Waals surface area contributed by atoms with Crippen molar-refractivity contribution in [3.8, 4) is 11.5 Å². The Balaban J connectivity index is 2.27. The minimum atomic E-state index is 0.261. The summed E-state index contributed by atoms with van der Waals surface area (Å²) >= 11 is 3.51. The lowest BCUT2D eigenvalue weighted by atomic mass is 10.1. The monoisotopic (exact) mass is 314 g/mol. The predicted molar refractivity (Wildman–Crippen MR) is 75.2 cm³/mol. The highest BCUT2D eigenvalue weighted by Gasteiger charge is 2.18. The molecule has 4 nitrogen and oxygen atoms in total. The van der Waals surface area contributed by atoms with Gasteiger partial charge in [0.05, 0.1) is 7.11 Å². The summed E-state index contributed by atoms with van der Waals surface area (Å²) in [5.41, 5.74) is 2.02. The molecular formula is C13H19BrN2O2. The molecule has 0 aromatic heterocycles.